The lowest BCUT2D eigenvalue weighted by atomic mass is 10.1. The molecule has 2 heterocycles. The molecule has 0 spiro atoms. The van der Waals surface area contributed by atoms with Gasteiger partial charge in [0, 0.05) is 29.7 Å². The molecule has 2 aromatic carbocycles. The lowest BCUT2D eigenvalue weighted by Crippen LogP contribution is -2.28. The predicted octanol–water partition coefficient (Wildman–Crippen LogP) is 3.85. The number of hydrogen-bond acceptors (Lipinski definition) is 4. The summed E-state index contributed by atoms with van der Waals surface area (Å²) in [7, 11) is 0. The van der Waals surface area contributed by atoms with E-state index in [0.717, 1.165) is 11.1 Å². The van der Waals surface area contributed by atoms with Crippen LogP contribution in [0.1, 0.15) is 36.0 Å². The summed E-state index contributed by atoms with van der Waals surface area (Å²) in [6.07, 6.45) is 0. The summed E-state index contributed by atoms with van der Waals surface area (Å²) in [5.74, 6) is 1.14. The molecule has 1 atom stereocenters. The third-order valence-corrected chi connectivity index (χ3v) is 4.90. The number of fused-ring (bicyclic) bond motifs is 1. The smallest absolute Gasteiger partial charge is 0.321 e. The molecule has 7 nitrogen and oxygen atoms in total. The van der Waals surface area contributed by atoms with Crippen molar-refractivity contribution in [2.24, 2.45) is 0 Å². The van der Waals surface area contributed by atoms with E-state index < -0.39 is 0 Å². The maximum atomic E-state index is 12.6. The van der Waals surface area contributed by atoms with E-state index >= 15 is 0 Å². The number of urea groups is 1. The largest absolute Gasteiger partial charge is 0.490 e. The Morgan fingerprint density at radius 1 is 1.28 bits per heavy atom. The topological polar surface area (TPSA) is 83.8 Å². The number of furan rings is 1. The first-order chi connectivity index (χ1) is 14.1. The van der Waals surface area contributed by atoms with Crippen molar-refractivity contribution in [3.63, 3.8) is 0 Å². The quantitative estimate of drug-likeness (QED) is 0.666. The highest BCUT2D eigenvalue weighted by atomic mass is 16.5. The predicted molar refractivity (Wildman–Crippen MR) is 110 cm³/mol. The molecule has 0 aliphatic carbocycles. The number of nitrogens with zero attached hydrogens (tertiary/aromatic N) is 1. The van der Waals surface area contributed by atoms with Crippen molar-refractivity contribution in [1.82, 2.24) is 10.6 Å². The molecule has 1 saturated heterocycles. The van der Waals surface area contributed by atoms with Gasteiger partial charge in [-0.05, 0) is 50.2 Å². The van der Waals surface area contributed by atoms with Crippen LogP contribution in [0.2, 0.25) is 0 Å². The number of amides is 3. The lowest BCUT2D eigenvalue weighted by Gasteiger charge is -2.15. The second kappa shape index (κ2) is 7.87. The average Bonchev–Trinajstić information content (AvgIpc) is 3.35. The van der Waals surface area contributed by atoms with Gasteiger partial charge in [-0.15, -0.1) is 0 Å². The Balaban J connectivity index is 1.47. The Hall–Kier alpha value is -3.48. The van der Waals surface area contributed by atoms with Crippen molar-refractivity contribution in [3.8, 4) is 5.75 Å². The van der Waals surface area contributed by atoms with Crippen molar-refractivity contribution in [2.75, 3.05) is 24.6 Å². The average molecular weight is 393 g/mol. The number of nitrogens with one attached hydrogen (secondary N) is 2. The van der Waals surface area contributed by atoms with Gasteiger partial charge in [0.05, 0.1) is 12.6 Å². The summed E-state index contributed by atoms with van der Waals surface area (Å²) in [6, 6.07) is 14.2. The highest BCUT2D eigenvalue weighted by Crippen LogP contribution is 2.31. The van der Waals surface area contributed by atoms with Crippen LogP contribution in [0, 0.1) is 0 Å². The van der Waals surface area contributed by atoms with Crippen molar-refractivity contribution in [2.45, 2.75) is 19.9 Å². The molecule has 4 rings (SSSR count). The lowest BCUT2D eigenvalue weighted by molar-refractivity contribution is 0.0935. The summed E-state index contributed by atoms with van der Waals surface area (Å²) in [4.78, 5) is 26.0. The third-order valence-electron chi connectivity index (χ3n) is 4.90. The van der Waals surface area contributed by atoms with E-state index in [-0.39, 0.29) is 18.0 Å². The Labute approximate surface area is 168 Å². The summed E-state index contributed by atoms with van der Waals surface area (Å²) >= 11 is 0. The molecule has 0 radical (unpaired) electrons. The van der Waals surface area contributed by atoms with Crippen molar-refractivity contribution in [3.05, 3.63) is 59.9 Å². The zero-order valence-electron chi connectivity index (χ0n) is 16.4. The summed E-state index contributed by atoms with van der Waals surface area (Å²) in [5.41, 5.74) is 1.97. The van der Waals surface area contributed by atoms with E-state index in [1.807, 2.05) is 38.1 Å². The SMILES string of the molecule is CCOc1cccc2cc(C(C)NC(=O)c3ccc(N4CCNC4=O)cc3)oc12. The van der Waals surface area contributed by atoms with Crippen molar-refractivity contribution in [1.29, 1.82) is 0 Å². The zero-order valence-corrected chi connectivity index (χ0v) is 16.4. The highest BCUT2D eigenvalue weighted by molar-refractivity contribution is 5.97. The molecule has 0 saturated carbocycles. The van der Waals surface area contributed by atoms with Crippen LogP contribution >= 0.6 is 0 Å². The van der Waals surface area contributed by atoms with E-state index in [0.29, 0.717) is 42.4 Å². The van der Waals surface area contributed by atoms with Gasteiger partial charge in [0.2, 0.25) is 0 Å². The van der Waals surface area contributed by atoms with Crippen molar-refractivity contribution < 1.29 is 18.7 Å². The zero-order chi connectivity index (χ0) is 20.4. The van der Waals surface area contributed by atoms with Crippen LogP contribution in [0.25, 0.3) is 11.0 Å². The minimum atomic E-state index is -0.312. The molecule has 150 valence electrons. The Bertz CT molecular complexity index is 1040. The molecule has 1 unspecified atom stereocenters. The van der Waals surface area contributed by atoms with Crippen LogP contribution in [0.5, 0.6) is 5.75 Å². The van der Waals surface area contributed by atoms with Gasteiger partial charge in [-0.25, -0.2) is 4.79 Å². The second-order valence-electron chi connectivity index (χ2n) is 6.88. The van der Waals surface area contributed by atoms with Gasteiger partial charge in [-0.1, -0.05) is 12.1 Å². The summed E-state index contributed by atoms with van der Waals surface area (Å²) < 4.78 is 11.6. The van der Waals surface area contributed by atoms with E-state index in [4.69, 9.17) is 9.15 Å². The van der Waals surface area contributed by atoms with Gasteiger partial charge in [-0.3, -0.25) is 9.69 Å². The molecule has 1 aromatic heterocycles. The number of carbonyl (C=O) groups excluding carboxylic acids is 2. The third kappa shape index (κ3) is 3.76. The van der Waals surface area contributed by atoms with E-state index in [9.17, 15) is 9.59 Å². The minimum absolute atomic E-state index is 0.118. The van der Waals surface area contributed by atoms with Crippen molar-refractivity contribution >= 4 is 28.6 Å². The Kier molecular flexibility index (Phi) is 5.12. The number of rotatable bonds is 6. The first-order valence-electron chi connectivity index (χ1n) is 9.68. The van der Waals surface area contributed by atoms with Gasteiger partial charge in [-0.2, -0.15) is 0 Å². The van der Waals surface area contributed by atoms with Gasteiger partial charge in [0.15, 0.2) is 11.3 Å². The summed E-state index contributed by atoms with van der Waals surface area (Å²) in [5, 5.41) is 6.65. The fourth-order valence-corrected chi connectivity index (χ4v) is 3.40. The normalized spacial score (nSPS) is 14.7. The molecular formula is C22H23N3O4. The van der Waals surface area contributed by atoms with Gasteiger partial charge < -0.3 is 19.8 Å². The molecule has 1 fully saturated rings. The highest BCUT2D eigenvalue weighted by Gasteiger charge is 2.22. The maximum absolute atomic E-state index is 12.6. The number of carbonyl (C=O) groups is 2. The van der Waals surface area contributed by atoms with Crippen LogP contribution in [0.15, 0.2) is 52.9 Å². The van der Waals surface area contributed by atoms with Crippen LogP contribution in [0.4, 0.5) is 10.5 Å². The van der Waals surface area contributed by atoms with Gasteiger partial charge >= 0.3 is 6.03 Å². The first-order valence-corrected chi connectivity index (χ1v) is 9.68. The number of hydrogen-bond donors (Lipinski definition) is 2. The molecule has 2 N–H and O–H groups in total. The molecule has 1 aliphatic rings. The number of para-hydroxylation sites is 1. The molecular weight excluding hydrogens is 370 g/mol. The fraction of sp³-hybridized carbons (Fsp3) is 0.273. The number of anilines is 1. The van der Waals surface area contributed by atoms with Gasteiger partial charge in [0.1, 0.15) is 5.76 Å². The molecule has 1 aliphatic heterocycles. The molecule has 3 amide bonds. The van der Waals surface area contributed by atoms with Crippen LogP contribution < -0.4 is 20.3 Å². The standard InChI is InChI=1S/C22H23N3O4/c1-3-28-18-6-4-5-16-13-19(29-20(16)18)14(2)24-21(26)15-7-9-17(10-8-15)25-12-11-23-22(25)27/h4-10,13-14H,3,11-12H2,1-2H3,(H,23,27)(H,24,26). The van der Waals surface area contributed by atoms with E-state index in [1.54, 1.807) is 29.2 Å². The molecule has 0 bridgehead atoms. The summed E-state index contributed by atoms with van der Waals surface area (Å²) in [6.45, 7) is 5.60. The molecule has 7 heteroatoms. The second-order valence-corrected chi connectivity index (χ2v) is 6.88. The van der Waals surface area contributed by atoms with Crippen LogP contribution in [-0.2, 0) is 0 Å². The fourth-order valence-electron chi connectivity index (χ4n) is 3.40. The Morgan fingerprint density at radius 3 is 2.76 bits per heavy atom. The van der Waals surface area contributed by atoms with E-state index in [1.165, 1.54) is 0 Å². The number of ether oxygens (including phenoxy) is 1. The maximum Gasteiger partial charge on any atom is 0.321 e. The molecule has 3 aromatic rings. The minimum Gasteiger partial charge on any atom is -0.490 e. The van der Waals surface area contributed by atoms with Crippen LogP contribution in [-0.4, -0.2) is 31.6 Å². The molecule has 29 heavy (non-hydrogen) atoms. The Morgan fingerprint density at radius 2 is 2.07 bits per heavy atom. The van der Waals surface area contributed by atoms with Crippen LogP contribution in [0.3, 0.4) is 0 Å². The first kappa shape index (κ1) is 18.9. The number of benzene rings is 2. The van der Waals surface area contributed by atoms with E-state index in [2.05, 4.69) is 10.6 Å². The van der Waals surface area contributed by atoms with Gasteiger partial charge in [0.25, 0.3) is 5.91 Å². The monoisotopic (exact) mass is 393 g/mol.